The van der Waals surface area contributed by atoms with Crippen LogP contribution in [0.4, 0.5) is 0 Å². The van der Waals surface area contributed by atoms with E-state index in [1.54, 1.807) is 0 Å². The summed E-state index contributed by atoms with van der Waals surface area (Å²) in [5.41, 5.74) is 4.15. The van der Waals surface area contributed by atoms with E-state index in [0.717, 1.165) is 0 Å². The van der Waals surface area contributed by atoms with Gasteiger partial charge in [0.2, 0.25) is 0 Å². The first-order valence-electron chi connectivity index (χ1n) is 5.98. The van der Waals surface area contributed by atoms with Crippen LogP contribution in [0.15, 0.2) is 12.1 Å². The Balaban J connectivity index is 0. The van der Waals surface area contributed by atoms with Gasteiger partial charge in [0.05, 0.1) is 0 Å². The zero-order chi connectivity index (χ0) is 11.6. The first-order chi connectivity index (χ1) is 6.91. The van der Waals surface area contributed by atoms with Crippen LogP contribution >= 0.6 is 12.4 Å². The van der Waals surface area contributed by atoms with Crippen molar-refractivity contribution < 1.29 is 19.5 Å². The average Bonchev–Trinajstić information content (AvgIpc) is 2.16. The second kappa shape index (κ2) is 8.27. The summed E-state index contributed by atoms with van der Waals surface area (Å²) >= 11 is 0. The van der Waals surface area contributed by atoms with Crippen molar-refractivity contribution in [1.82, 2.24) is 0 Å². The van der Waals surface area contributed by atoms with Gasteiger partial charge in [-0.3, -0.25) is 0 Å². The number of rotatable bonds is 3. The van der Waals surface area contributed by atoms with Gasteiger partial charge in [-0.1, -0.05) is 41.5 Å². The Bertz CT molecular complexity index is 265. The van der Waals surface area contributed by atoms with Gasteiger partial charge in [-0.05, 0) is 17.8 Å². The fourth-order valence-electron chi connectivity index (χ4n) is 1.59. The molecule has 0 fully saturated rings. The number of hydrogen-bond donors (Lipinski definition) is 0. The number of benzene rings is 1. The van der Waals surface area contributed by atoms with Crippen molar-refractivity contribution in [3.63, 3.8) is 0 Å². The largest absolute Gasteiger partial charge is 0.176 e. The molecule has 0 radical (unpaired) electrons. The number of halogens is 1. The van der Waals surface area contributed by atoms with Gasteiger partial charge in [0, 0.05) is 19.5 Å². The molecule has 1 aromatic rings. The van der Waals surface area contributed by atoms with Crippen LogP contribution in [0.25, 0.3) is 0 Å². The Morgan fingerprint density at radius 2 is 1.12 bits per heavy atom. The van der Waals surface area contributed by atoms with E-state index in [-0.39, 0.29) is 31.9 Å². The zero-order valence-electron chi connectivity index (χ0n) is 12.0. The topological polar surface area (TPSA) is 0 Å². The van der Waals surface area contributed by atoms with E-state index in [0.29, 0.717) is 17.8 Å². The maximum Gasteiger partial charge on any atom is 0 e. The third-order valence-corrected chi connectivity index (χ3v) is 2.84. The van der Waals surface area contributed by atoms with Gasteiger partial charge < -0.3 is 0 Å². The molecule has 0 aliphatic rings. The van der Waals surface area contributed by atoms with Gasteiger partial charge in [0.1, 0.15) is 0 Å². The predicted molar refractivity (Wildman–Crippen MR) is 74.8 cm³/mol. The van der Waals surface area contributed by atoms with Gasteiger partial charge in [0.25, 0.3) is 0 Å². The van der Waals surface area contributed by atoms with Crippen LogP contribution in [0.5, 0.6) is 0 Å². The quantitative estimate of drug-likeness (QED) is 0.527. The average molecular weight is 305 g/mol. The molecule has 0 unspecified atom stereocenters. The van der Waals surface area contributed by atoms with Gasteiger partial charge in [0.15, 0.2) is 0 Å². The van der Waals surface area contributed by atoms with Crippen LogP contribution in [0.2, 0.25) is 0 Å². The normalized spacial score (nSPS) is 10.4. The fraction of sp³-hybridized carbons (Fsp3) is 0.600. The smallest absolute Gasteiger partial charge is 0 e. The van der Waals surface area contributed by atoms with E-state index in [2.05, 4.69) is 59.7 Å². The van der Waals surface area contributed by atoms with Crippen LogP contribution in [0, 0.1) is 6.07 Å². The minimum atomic E-state index is 0. The van der Waals surface area contributed by atoms with Crippen LogP contribution in [0.1, 0.15) is 76.0 Å². The minimum absolute atomic E-state index is 0. The predicted octanol–water partition coefficient (Wildman–Crippen LogP) is 5.28. The molecule has 0 heterocycles. The summed E-state index contributed by atoms with van der Waals surface area (Å²) in [6.45, 7) is 13.5. The standard InChI is InChI=1S/C15H23.ClH.Zn/c1-10(2)13-7-14(11(3)4)9-15(8-13)12(5)6;;/h7-8,10-12H,1-6H3;1H;/q-1;;. The van der Waals surface area contributed by atoms with Crippen molar-refractivity contribution in [1.29, 1.82) is 0 Å². The van der Waals surface area contributed by atoms with E-state index in [1.807, 2.05) is 0 Å². The first-order valence-corrected chi connectivity index (χ1v) is 5.98. The molecule has 0 atom stereocenters. The summed E-state index contributed by atoms with van der Waals surface area (Å²) in [7, 11) is 0. The summed E-state index contributed by atoms with van der Waals surface area (Å²) in [5, 5.41) is 0. The monoisotopic (exact) mass is 303 g/mol. The molecule has 2 heteroatoms. The van der Waals surface area contributed by atoms with Gasteiger partial charge in [-0.25, -0.2) is 0 Å². The van der Waals surface area contributed by atoms with Gasteiger partial charge >= 0.3 is 0 Å². The molecule has 17 heavy (non-hydrogen) atoms. The van der Waals surface area contributed by atoms with E-state index in [1.165, 1.54) is 16.7 Å². The molecule has 0 bridgehead atoms. The van der Waals surface area contributed by atoms with Crippen LogP contribution in [-0.4, -0.2) is 0 Å². The van der Waals surface area contributed by atoms with Crippen molar-refractivity contribution >= 4 is 12.4 Å². The summed E-state index contributed by atoms with van der Waals surface area (Å²) < 4.78 is 0. The maximum absolute atomic E-state index is 3.54. The first kappa shape index (κ1) is 19.5. The summed E-state index contributed by atoms with van der Waals surface area (Å²) in [4.78, 5) is 0. The zero-order valence-corrected chi connectivity index (χ0v) is 15.8. The van der Waals surface area contributed by atoms with Gasteiger partial charge in [-0.2, -0.15) is 34.9 Å². The molecule has 1 rings (SSSR count). The Labute approximate surface area is 126 Å². The van der Waals surface area contributed by atoms with E-state index in [9.17, 15) is 0 Å². The van der Waals surface area contributed by atoms with Gasteiger partial charge in [-0.15, -0.1) is 12.4 Å². The molecule has 0 aromatic heterocycles. The van der Waals surface area contributed by atoms with Crippen molar-refractivity contribution in [3.8, 4) is 0 Å². The fourth-order valence-corrected chi connectivity index (χ4v) is 1.59. The van der Waals surface area contributed by atoms with Crippen molar-refractivity contribution in [3.05, 3.63) is 34.9 Å². The van der Waals surface area contributed by atoms with Crippen LogP contribution in [0.3, 0.4) is 0 Å². The molecule has 0 spiro atoms. The number of hydrogen-bond acceptors (Lipinski definition) is 0. The molecule has 0 aliphatic carbocycles. The summed E-state index contributed by atoms with van der Waals surface area (Å²) in [6.07, 6.45) is 0. The van der Waals surface area contributed by atoms with Crippen molar-refractivity contribution in [2.45, 2.75) is 59.3 Å². The Kier molecular flexibility index (Phi) is 9.48. The van der Waals surface area contributed by atoms with Crippen LogP contribution in [-0.2, 0) is 19.5 Å². The summed E-state index contributed by atoms with van der Waals surface area (Å²) in [5.74, 6) is 1.75. The molecular weight excluding hydrogens is 281 g/mol. The molecule has 0 N–H and O–H groups in total. The van der Waals surface area contributed by atoms with E-state index >= 15 is 0 Å². The van der Waals surface area contributed by atoms with Crippen LogP contribution < -0.4 is 0 Å². The molecule has 0 saturated heterocycles. The second-order valence-corrected chi connectivity index (χ2v) is 5.29. The molecule has 0 aliphatic heterocycles. The molecule has 0 amide bonds. The Hall–Kier alpha value is 0.133. The van der Waals surface area contributed by atoms with E-state index < -0.39 is 0 Å². The maximum atomic E-state index is 3.54. The third-order valence-electron chi connectivity index (χ3n) is 2.84. The SMILES string of the molecule is CC(C)c1[c-]c(C(C)C)cc(C(C)C)c1.Cl.[Zn]. The molecular formula is C15H24ClZn-. The third kappa shape index (κ3) is 5.53. The Morgan fingerprint density at radius 1 is 0.765 bits per heavy atom. The summed E-state index contributed by atoms with van der Waals surface area (Å²) in [6, 6.07) is 8.15. The Morgan fingerprint density at radius 3 is 1.35 bits per heavy atom. The minimum Gasteiger partial charge on any atom is -0.176 e. The molecule has 94 valence electrons. The molecule has 0 nitrogen and oxygen atoms in total. The molecule has 0 saturated carbocycles. The van der Waals surface area contributed by atoms with Crippen molar-refractivity contribution in [2.75, 3.05) is 0 Å². The second-order valence-electron chi connectivity index (χ2n) is 5.29. The van der Waals surface area contributed by atoms with Crippen molar-refractivity contribution in [2.24, 2.45) is 0 Å². The van der Waals surface area contributed by atoms with E-state index in [4.69, 9.17) is 0 Å². The molecule has 1 aromatic carbocycles.